The zero-order valence-corrected chi connectivity index (χ0v) is 18.7. The minimum Gasteiger partial charge on any atom is -0.339 e. The predicted octanol–water partition coefficient (Wildman–Crippen LogP) is 2.32. The lowest BCUT2D eigenvalue weighted by Gasteiger charge is -2.38. The van der Waals surface area contributed by atoms with Gasteiger partial charge in [0.05, 0.1) is 11.1 Å². The number of benzene rings is 1. The highest BCUT2D eigenvalue weighted by atomic mass is 35.5. The van der Waals surface area contributed by atoms with Crippen LogP contribution in [0.5, 0.6) is 0 Å². The number of hydrogen-bond acceptors (Lipinski definition) is 5. The van der Waals surface area contributed by atoms with Gasteiger partial charge in [-0.05, 0) is 26.5 Å². The molecule has 1 saturated heterocycles. The highest BCUT2D eigenvalue weighted by Gasteiger charge is 2.33. The number of halogens is 1. The van der Waals surface area contributed by atoms with E-state index in [4.69, 9.17) is 11.6 Å². The lowest BCUT2D eigenvalue weighted by atomic mass is 9.94. The number of carbonyl (C=O) groups is 1. The summed E-state index contributed by atoms with van der Waals surface area (Å²) in [6.07, 6.45) is 0. The number of rotatable bonds is 7. The van der Waals surface area contributed by atoms with Crippen LogP contribution in [0.25, 0.3) is 0 Å². The number of anilines is 1. The molecular weight excluding hydrogens is 402 g/mol. The van der Waals surface area contributed by atoms with E-state index in [1.54, 1.807) is 6.07 Å². The number of carbonyl (C=O) groups excluding carboxylic acids is 1. The molecule has 0 atom stereocenters. The molecule has 1 aliphatic rings. The fourth-order valence-corrected chi connectivity index (χ4v) is 3.67. The minimum atomic E-state index is -0.570. The molecule has 1 N–H and O–H groups in total. The van der Waals surface area contributed by atoms with Crippen LogP contribution in [0.2, 0.25) is 0 Å². The third-order valence-corrected chi connectivity index (χ3v) is 5.96. The second kappa shape index (κ2) is 9.62. The maximum atomic E-state index is 12.6. The van der Waals surface area contributed by atoms with Crippen molar-refractivity contribution >= 4 is 23.5 Å². The molecule has 1 fully saturated rings. The van der Waals surface area contributed by atoms with Gasteiger partial charge in [0.25, 0.3) is 5.56 Å². The monoisotopic (exact) mass is 431 g/mol. The second-order valence-electron chi connectivity index (χ2n) is 8.51. The Balaban J connectivity index is 1.63. The average Bonchev–Trinajstić information content (AvgIpc) is 2.73. The van der Waals surface area contributed by atoms with Crippen molar-refractivity contribution in [3.05, 3.63) is 58.0 Å². The molecule has 0 radical (unpaired) electrons. The first-order valence-corrected chi connectivity index (χ1v) is 10.7. The van der Waals surface area contributed by atoms with E-state index in [-0.39, 0.29) is 11.5 Å². The zero-order valence-electron chi connectivity index (χ0n) is 17.9. The van der Waals surface area contributed by atoms with E-state index < -0.39 is 5.41 Å². The molecule has 1 aliphatic heterocycles. The van der Waals surface area contributed by atoms with Crippen LogP contribution in [0.1, 0.15) is 25.1 Å². The van der Waals surface area contributed by atoms with Gasteiger partial charge in [-0.25, -0.2) is 4.98 Å². The van der Waals surface area contributed by atoms with E-state index >= 15 is 0 Å². The molecule has 1 aromatic carbocycles. The van der Waals surface area contributed by atoms with Crippen LogP contribution >= 0.6 is 11.6 Å². The minimum absolute atomic E-state index is 0.0647. The number of alkyl halides is 1. The van der Waals surface area contributed by atoms with Crippen LogP contribution in [0.15, 0.2) is 41.2 Å². The van der Waals surface area contributed by atoms with Gasteiger partial charge in [-0.2, -0.15) is 0 Å². The summed E-state index contributed by atoms with van der Waals surface area (Å²) < 4.78 is 0. The van der Waals surface area contributed by atoms with Crippen LogP contribution < -0.4 is 10.5 Å². The summed E-state index contributed by atoms with van der Waals surface area (Å²) in [5.74, 6) is 0.920. The van der Waals surface area contributed by atoms with Crippen LogP contribution in [0.3, 0.4) is 0 Å². The lowest BCUT2D eigenvalue weighted by Crippen LogP contribution is -2.53. The van der Waals surface area contributed by atoms with Gasteiger partial charge < -0.3 is 9.80 Å². The maximum Gasteiger partial charge on any atom is 0.252 e. The van der Waals surface area contributed by atoms with Crippen molar-refractivity contribution in [1.29, 1.82) is 0 Å². The van der Waals surface area contributed by atoms with E-state index in [1.807, 2.05) is 48.9 Å². The second-order valence-corrected chi connectivity index (χ2v) is 8.78. The highest BCUT2D eigenvalue weighted by molar-refractivity contribution is 6.19. The van der Waals surface area contributed by atoms with Gasteiger partial charge in [0.1, 0.15) is 0 Å². The fraction of sp³-hybridized carbons (Fsp3) is 0.500. The maximum absolute atomic E-state index is 12.6. The number of nitrogens with zero attached hydrogens (tertiary/aromatic N) is 4. The molecule has 162 valence electrons. The summed E-state index contributed by atoms with van der Waals surface area (Å²) in [6.45, 7) is 7.50. The standard InChI is InChI=1S/C22H30ClN5O2/c1-22(2,16-23)20(30)27-9-11-28(12-10-27)21-24-18(13-19(29)25-21)15-26(3)14-17-7-5-4-6-8-17/h4-8,13H,9-12,14-16H2,1-3H3,(H,24,25,29). The molecule has 7 nitrogen and oxygen atoms in total. The zero-order chi connectivity index (χ0) is 21.7. The molecule has 1 aromatic heterocycles. The third kappa shape index (κ3) is 5.61. The number of H-pyrrole nitrogens is 1. The molecule has 0 saturated carbocycles. The smallest absolute Gasteiger partial charge is 0.252 e. The Bertz CT molecular complexity index is 907. The van der Waals surface area contributed by atoms with Crippen molar-refractivity contribution in [3.63, 3.8) is 0 Å². The normalized spacial score (nSPS) is 15.0. The third-order valence-electron chi connectivity index (χ3n) is 5.29. The van der Waals surface area contributed by atoms with Crippen LogP contribution in [-0.4, -0.2) is 64.8 Å². The quantitative estimate of drug-likeness (QED) is 0.681. The molecule has 3 rings (SSSR count). The van der Waals surface area contributed by atoms with Crippen molar-refractivity contribution in [1.82, 2.24) is 19.8 Å². The number of nitrogens with one attached hydrogen (secondary N) is 1. The fourth-order valence-electron chi connectivity index (χ4n) is 3.56. The van der Waals surface area contributed by atoms with Gasteiger partial charge in [0, 0.05) is 51.2 Å². The van der Waals surface area contributed by atoms with Gasteiger partial charge in [0.2, 0.25) is 11.9 Å². The van der Waals surface area contributed by atoms with E-state index in [0.717, 1.165) is 12.2 Å². The predicted molar refractivity (Wildman–Crippen MR) is 120 cm³/mol. The van der Waals surface area contributed by atoms with E-state index in [9.17, 15) is 9.59 Å². The number of aromatic nitrogens is 2. The van der Waals surface area contributed by atoms with Crippen LogP contribution in [0.4, 0.5) is 5.95 Å². The average molecular weight is 432 g/mol. The number of piperazine rings is 1. The Morgan fingerprint density at radius 2 is 1.83 bits per heavy atom. The van der Waals surface area contributed by atoms with Crippen LogP contribution in [-0.2, 0) is 17.9 Å². The van der Waals surface area contributed by atoms with Gasteiger partial charge in [-0.15, -0.1) is 11.6 Å². The van der Waals surface area contributed by atoms with Crippen molar-refractivity contribution in [2.45, 2.75) is 26.9 Å². The number of hydrogen-bond donors (Lipinski definition) is 1. The summed E-state index contributed by atoms with van der Waals surface area (Å²) in [5, 5.41) is 0. The first-order chi connectivity index (χ1) is 14.3. The Hall–Kier alpha value is -2.38. The topological polar surface area (TPSA) is 72.5 Å². The van der Waals surface area contributed by atoms with Gasteiger partial charge in [-0.1, -0.05) is 30.3 Å². The summed E-state index contributed by atoms with van der Waals surface area (Å²) in [4.78, 5) is 38.4. The van der Waals surface area contributed by atoms with Crippen molar-refractivity contribution in [2.24, 2.45) is 5.41 Å². The Kier molecular flexibility index (Phi) is 7.15. The lowest BCUT2D eigenvalue weighted by molar-refractivity contribution is -0.139. The van der Waals surface area contributed by atoms with Gasteiger partial charge in [-0.3, -0.25) is 19.5 Å². The van der Waals surface area contributed by atoms with Crippen LogP contribution in [0, 0.1) is 5.41 Å². The van der Waals surface area contributed by atoms with Crippen molar-refractivity contribution < 1.29 is 4.79 Å². The van der Waals surface area contributed by atoms with E-state index in [1.165, 1.54) is 5.56 Å². The molecule has 0 unspecified atom stereocenters. The van der Waals surface area contributed by atoms with Crippen molar-refractivity contribution in [2.75, 3.05) is 44.0 Å². The van der Waals surface area contributed by atoms with Gasteiger partial charge in [0.15, 0.2) is 0 Å². The van der Waals surface area contributed by atoms with Crippen molar-refractivity contribution in [3.8, 4) is 0 Å². The summed E-state index contributed by atoms with van der Waals surface area (Å²) in [6, 6.07) is 11.8. The first-order valence-electron chi connectivity index (χ1n) is 10.2. The molecule has 8 heteroatoms. The summed E-state index contributed by atoms with van der Waals surface area (Å²) >= 11 is 5.95. The highest BCUT2D eigenvalue weighted by Crippen LogP contribution is 2.22. The summed E-state index contributed by atoms with van der Waals surface area (Å²) in [5.41, 5.74) is 1.21. The molecule has 0 spiro atoms. The first kappa shape index (κ1) is 22.3. The van der Waals surface area contributed by atoms with E-state index in [0.29, 0.717) is 44.6 Å². The Morgan fingerprint density at radius 3 is 2.47 bits per heavy atom. The molecular formula is C22H30ClN5O2. The van der Waals surface area contributed by atoms with E-state index in [2.05, 4.69) is 27.0 Å². The Morgan fingerprint density at radius 1 is 1.17 bits per heavy atom. The van der Waals surface area contributed by atoms with Gasteiger partial charge >= 0.3 is 0 Å². The SMILES string of the molecule is CN(Cc1ccccc1)Cc1cc(=O)[nH]c(N2CCN(C(=O)C(C)(C)CCl)CC2)n1. The molecule has 2 heterocycles. The Labute approximate surface area is 182 Å². The molecule has 30 heavy (non-hydrogen) atoms. The molecule has 2 aromatic rings. The number of aromatic amines is 1. The molecule has 0 bridgehead atoms. The largest absolute Gasteiger partial charge is 0.339 e. The number of amides is 1. The molecule has 0 aliphatic carbocycles. The summed E-state index contributed by atoms with van der Waals surface area (Å²) in [7, 11) is 2.01. The molecule has 1 amide bonds.